The van der Waals surface area contributed by atoms with Crippen molar-refractivity contribution in [3.05, 3.63) is 0 Å². The molecule has 0 aromatic carbocycles. The highest BCUT2D eigenvalue weighted by molar-refractivity contribution is 5.71. The summed E-state index contributed by atoms with van der Waals surface area (Å²) < 4.78 is 13.1. The molecule has 0 saturated heterocycles. The third-order valence-electron chi connectivity index (χ3n) is 1.70. The largest absolute Gasteiger partial charge is 0.481 e. The molecule has 0 amide bonds. The fourth-order valence-corrected chi connectivity index (χ4v) is 1.05. The Bertz CT molecular complexity index is 138. The van der Waals surface area contributed by atoms with E-state index in [2.05, 4.69) is 0 Å². The van der Waals surface area contributed by atoms with E-state index in [4.69, 9.17) is 5.11 Å². The zero-order valence-electron chi connectivity index (χ0n) is 7.22. The number of halogens is 1. The van der Waals surface area contributed by atoms with Gasteiger partial charge in [-0.1, -0.05) is 13.3 Å². The maximum atomic E-state index is 13.1. The van der Waals surface area contributed by atoms with Gasteiger partial charge >= 0.3 is 5.97 Å². The van der Waals surface area contributed by atoms with Crippen LogP contribution in [0, 0.1) is 5.92 Å². The fraction of sp³-hybridized carbons (Fsp3) is 0.875. The SMILES string of the molecule is CCC[C@H](C(=O)O)C(C)(C)F. The van der Waals surface area contributed by atoms with Crippen molar-refractivity contribution in [2.45, 2.75) is 39.3 Å². The van der Waals surface area contributed by atoms with Crippen molar-refractivity contribution in [1.82, 2.24) is 0 Å². The second-order valence-electron chi connectivity index (χ2n) is 3.24. The number of carboxylic acid groups (broad SMARTS) is 1. The van der Waals surface area contributed by atoms with E-state index in [0.29, 0.717) is 12.8 Å². The molecule has 0 aromatic rings. The van der Waals surface area contributed by atoms with Crippen LogP contribution in [0.5, 0.6) is 0 Å². The Labute approximate surface area is 66.4 Å². The predicted octanol–water partition coefficient (Wildman–Crippen LogP) is 2.24. The van der Waals surface area contributed by atoms with Crippen molar-refractivity contribution in [2.24, 2.45) is 5.92 Å². The molecule has 0 aromatic heterocycles. The summed E-state index contributed by atoms with van der Waals surface area (Å²) in [6.45, 7) is 4.46. The highest BCUT2D eigenvalue weighted by atomic mass is 19.1. The van der Waals surface area contributed by atoms with Crippen LogP contribution >= 0.6 is 0 Å². The summed E-state index contributed by atoms with van der Waals surface area (Å²) in [6.07, 6.45) is 1.10. The number of alkyl halides is 1. The molecule has 0 aliphatic rings. The Hall–Kier alpha value is -0.600. The zero-order chi connectivity index (χ0) is 9.07. The molecule has 3 heteroatoms. The first kappa shape index (κ1) is 10.4. The van der Waals surface area contributed by atoms with E-state index in [1.54, 1.807) is 0 Å². The Kier molecular flexibility index (Phi) is 3.49. The molecule has 1 N–H and O–H groups in total. The van der Waals surface area contributed by atoms with E-state index < -0.39 is 17.6 Å². The number of hydrogen-bond donors (Lipinski definition) is 1. The number of carbonyl (C=O) groups is 1. The Balaban J connectivity index is 4.22. The minimum atomic E-state index is -1.61. The van der Waals surface area contributed by atoms with Crippen LogP contribution in [0.15, 0.2) is 0 Å². The average molecular weight is 162 g/mol. The Morgan fingerprint density at radius 2 is 2.09 bits per heavy atom. The van der Waals surface area contributed by atoms with Crippen molar-refractivity contribution < 1.29 is 14.3 Å². The smallest absolute Gasteiger partial charge is 0.309 e. The van der Waals surface area contributed by atoms with Crippen LogP contribution in [0.2, 0.25) is 0 Å². The predicted molar refractivity (Wildman–Crippen MR) is 41.2 cm³/mol. The van der Waals surface area contributed by atoms with Gasteiger partial charge in [-0.25, -0.2) is 4.39 Å². The van der Waals surface area contributed by atoms with Crippen LogP contribution in [0.3, 0.4) is 0 Å². The number of rotatable bonds is 4. The monoisotopic (exact) mass is 162 g/mol. The third-order valence-corrected chi connectivity index (χ3v) is 1.70. The second kappa shape index (κ2) is 3.69. The quantitative estimate of drug-likeness (QED) is 0.688. The summed E-state index contributed by atoms with van der Waals surface area (Å²) in [5.74, 6) is -1.91. The molecule has 0 bridgehead atoms. The molecule has 0 saturated carbocycles. The van der Waals surface area contributed by atoms with Crippen molar-refractivity contribution in [2.75, 3.05) is 0 Å². The van der Waals surface area contributed by atoms with Gasteiger partial charge in [-0.3, -0.25) is 4.79 Å². The maximum absolute atomic E-state index is 13.1. The van der Waals surface area contributed by atoms with Gasteiger partial charge < -0.3 is 5.11 Å². The van der Waals surface area contributed by atoms with E-state index in [9.17, 15) is 9.18 Å². The number of carboxylic acids is 1. The van der Waals surface area contributed by atoms with E-state index in [1.807, 2.05) is 6.92 Å². The van der Waals surface area contributed by atoms with E-state index in [-0.39, 0.29) is 0 Å². The number of hydrogen-bond acceptors (Lipinski definition) is 1. The van der Waals surface area contributed by atoms with Crippen molar-refractivity contribution in [1.29, 1.82) is 0 Å². The van der Waals surface area contributed by atoms with Crippen molar-refractivity contribution in [3.8, 4) is 0 Å². The molecule has 0 aliphatic carbocycles. The van der Waals surface area contributed by atoms with Crippen LogP contribution in [-0.4, -0.2) is 16.7 Å². The van der Waals surface area contributed by atoms with E-state index >= 15 is 0 Å². The molecule has 0 aliphatic heterocycles. The van der Waals surface area contributed by atoms with Crippen LogP contribution in [0.25, 0.3) is 0 Å². The highest BCUT2D eigenvalue weighted by Gasteiger charge is 2.34. The first-order chi connectivity index (χ1) is 4.89. The van der Waals surface area contributed by atoms with Crippen molar-refractivity contribution in [3.63, 3.8) is 0 Å². The lowest BCUT2D eigenvalue weighted by Gasteiger charge is -2.22. The summed E-state index contributed by atoms with van der Waals surface area (Å²) in [7, 11) is 0. The molecule has 1 atom stereocenters. The summed E-state index contributed by atoms with van der Waals surface area (Å²) in [4.78, 5) is 10.5. The molecule has 0 heterocycles. The van der Waals surface area contributed by atoms with Gasteiger partial charge in [0.05, 0.1) is 5.92 Å². The first-order valence-electron chi connectivity index (χ1n) is 3.81. The normalized spacial score (nSPS) is 14.5. The zero-order valence-corrected chi connectivity index (χ0v) is 7.22. The lowest BCUT2D eigenvalue weighted by atomic mass is 9.89. The van der Waals surface area contributed by atoms with Gasteiger partial charge in [0, 0.05) is 0 Å². The van der Waals surface area contributed by atoms with Crippen LogP contribution in [0.4, 0.5) is 4.39 Å². The maximum Gasteiger partial charge on any atom is 0.309 e. The van der Waals surface area contributed by atoms with E-state index in [1.165, 1.54) is 13.8 Å². The summed E-state index contributed by atoms with van der Waals surface area (Å²) in [5.41, 5.74) is -1.61. The average Bonchev–Trinajstić information content (AvgIpc) is 1.79. The highest BCUT2D eigenvalue weighted by Crippen LogP contribution is 2.25. The molecule has 0 unspecified atom stereocenters. The minimum absolute atomic E-state index is 0.402. The van der Waals surface area contributed by atoms with Gasteiger partial charge in [0.15, 0.2) is 0 Å². The standard InChI is InChI=1S/C8H15FO2/c1-4-5-6(7(10)11)8(2,3)9/h6H,4-5H2,1-3H3,(H,10,11)/t6-/m1/s1. The molecule has 2 nitrogen and oxygen atoms in total. The molecule has 0 rings (SSSR count). The Morgan fingerprint density at radius 1 is 1.64 bits per heavy atom. The Morgan fingerprint density at radius 3 is 2.18 bits per heavy atom. The van der Waals surface area contributed by atoms with Crippen molar-refractivity contribution >= 4 is 5.97 Å². The molecule has 11 heavy (non-hydrogen) atoms. The molecular weight excluding hydrogens is 147 g/mol. The lowest BCUT2D eigenvalue weighted by Crippen LogP contribution is -2.32. The van der Waals surface area contributed by atoms with E-state index in [0.717, 1.165) is 0 Å². The molecule has 0 spiro atoms. The molecule has 0 radical (unpaired) electrons. The minimum Gasteiger partial charge on any atom is -0.481 e. The summed E-state index contributed by atoms with van der Waals surface area (Å²) >= 11 is 0. The first-order valence-corrected chi connectivity index (χ1v) is 3.81. The summed E-state index contributed by atoms with van der Waals surface area (Å²) in [6, 6.07) is 0. The fourth-order valence-electron chi connectivity index (χ4n) is 1.05. The van der Waals surface area contributed by atoms with Gasteiger partial charge in [0.25, 0.3) is 0 Å². The topological polar surface area (TPSA) is 37.3 Å². The van der Waals surface area contributed by atoms with Gasteiger partial charge in [-0.2, -0.15) is 0 Å². The molecule has 66 valence electrons. The van der Waals surface area contributed by atoms with Crippen LogP contribution < -0.4 is 0 Å². The lowest BCUT2D eigenvalue weighted by molar-refractivity contribution is -0.146. The number of aliphatic carboxylic acids is 1. The molecular formula is C8H15FO2. The van der Waals surface area contributed by atoms with Gasteiger partial charge in [-0.05, 0) is 20.3 Å². The third kappa shape index (κ3) is 3.35. The van der Waals surface area contributed by atoms with Gasteiger partial charge in [0.2, 0.25) is 0 Å². The van der Waals surface area contributed by atoms with Gasteiger partial charge in [0.1, 0.15) is 5.67 Å². The molecule has 0 fully saturated rings. The van der Waals surface area contributed by atoms with Crippen LogP contribution in [0.1, 0.15) is 33.6 Å². The van der Waals surface area contributed by atoms with Crippen LogP contribution in [-0.2, 0) is 4.79 Å². The summed E-state index contributed by atoms with van der Waals surface area (Å²) in [5, 5.41) is 8.60. The second-order valence-corrected chi connectivity index (χ2v) is 3.24. The van der Waals surface area contributed by atoms with Gasteiger partial charge in [-0.15, -0.1) is 0 Å².